The van der Waals surface area contributed by atoms with Crippen LogP contribution in [0.3, 0.4) is 0 Å². The zero-order valence-corrected chi connectivity index (χ0v) is 18.5. The summed E-state index contributed by atoms with van der Waals surface area (Å²) in [6.07, 6.45) is -1.71. The van der Waals surface area contributed by atoms with E-state index in [9.17, 15) is 14.4 Å². The van der Waals surface area contributed by atoms with E-state index in [-0.39, 0.29) is 18.9 Å². The maximum absolute atomic E-state index is 12.4. The highest BCUT2D eigenvalue weighted by atomic mass is 16.7. The molecule has 3 aromatic rings. The molecule has 4 rings (SSSR count). The van der Waals surface area contributed by atoms with Gasteiger partial charge in [-0.2, -0.15) is 0 Å². The maximum Gasteiger partial charge on any atom is 0.411 e. The number of carbonyl (C=O) groups is 3. The van der Waals surface area contributed by atoms with E-state index in [1.807, 2.05) is 24.3 Å². The number of rotatable bonds is 8. The van der Waals surface area contributed by atoms with E-state index >= 15 is 0 Å². The molecule has 34 heavy (non-hydrogen) atoms. The number of hydrogen-bond donors (Lipinski definition) is 3. The lowest BCUT2D eigenvalue weighted by Crippen LogP contribution is -2.33. The molecule has 0 fully saturated rings. The van der Waals surface area contributed by atoms with Crippen molar-refractivity contribution in [3.63, 3.8) is 0 Å². The summed E-state index contributed by atoms with van der Waals surface area (Å²) in [7, 11) is 0. The minimum absolute atomic E-state index is 0.00242. The Labute approximate surface area is 196 Å². The molecule has 3 aromatic carbocycles. The molecule has 8 heteroatoms. The van der Waals surface area contributed by atoms with E-state index in [0.717, 1.165) is 22.3 Å². The van der Waals surface area contributed by atoms with Gasteiger partial charge in [0.15, 0.2) is 6.10 Å². The Kier molecular flexibility index (Phi) is 6.89. The minimum atomic E-state index is -1.18. The first-order valence-electron chi connectivity index (χ1n) is 10.8. The average Bonchev–Trinajstić information content (AvgIpc) is 3.16. The van der Waals surface area contributed by atoms with Crippen molar-refractivity contribution >= 4 is 23.7 Å². The summed E-state index contributed by atoms with van der Waals surface area (Å²) in [5.74, 6) is -1.68. The summed E-state index contributed by atoms with van der Waals surface area (Å²) in [6, 6.07) is 22.9. The molecule has 3 N–H and O–H groups in total. The molecule has 174 valence electrons. The first kappa shape index (κ1) is 23.0. The molecule has 2 amide bonds. The van der Waals surface area contributed by atoms with Gasteiger partial charge in [-0.15, -0.1) is 0 Å². The molecule has 0 saturated heterocycles. The third-order valence-corrected chi connectivity index (χ3v) is 5.61. The lowest BCUT2D eigenvalue weighted by Gasteiger charge is -2.14. The number of anilines is 1. The van der Waals surface area contributed by atoms with Gasteiger partial charge in [0.2, 0.25) is 5.91 Å². The van der Waals surface area contributed by atoms with Crippen LogP contribution in [0, 0.1) is 0 Å². The molecular formula is C26H24N2O6. The number of carboxylic acids is 1. The minimum Gasteiger partial charge on any atom is -0.479 e. The summed E-state index contributed by atoms with van der Waals surface area (Å²) in [6.45, 7) is 1.53. The van der Waals surface area contributed by atoms with Crippen molar-refractivity contribution in [2.45, 2.75) is 25.4 Å². The number of nitrogens with one attached hydrogen (secondary N) is 2. The van der Waals surface area contributed by atoms with Crippen LogP contribution in [0.4, 0.5) is 10.5 Å². The van der Waals surface area contributed by atoms with Crippen LogP contribution in [0.1, 0.15) is 29.5 Å². The van der Waals surface area contributed by atoms with Gasteiger partial charge < -0.3 is 9.84 Å². The molecule has 0 heterocycles. The predicted molar refractivity (Wildman–Crippen MR) is 125 cm³/mol. The molecular weight excluding hydrogens is 436 g/mol. The van der Waals surface area contributed by atoms with Gasteiger partial charge in [0.25, 0.3) is 0 Å². The van der Waals surface area contributed by atoms with Gasteiger partial charge in [0, 0.05) is 11.6 Å². The normalized spacial score (nSPS) is 12.9. The van der Waals surface area contributed by atoms with Gasteiger partial charge in [0.05, 0.1) is 6.42 Å². The summed E-state index contributed by atoms with van der Waals surface area (Å²) in [5.41, 5.74) is 7.90. The van der Waals surface area contributed by atoms with Gasteiger partial charge >= 0.3 is 12.1 Å². The fourth-order valence-electron chi connectivity index (χ4n) is 3.88. The number of carboxylic acid groups (broad SMARTS) is 1. The highest BCUT2D eigenvalue weighted by molar-refractivity contribution is 5.85. The monoisotopic (exact) mass is 460 g/mol. The van der Waals surface area contributed by atoms with Crippen LogP contribution in [0.2, 0.25) is 0 Å². The zero-order chi connectivity index (χ0) is 24.1. The Balaban J connectivity index is 1.29. The molecule has 0 radical (unpaired) electrons. The summed E-state index contributed by atoms with van der Waals surface area (Å²) < 4.78 is 5.53. The third-order valence-electron chi connectivity index (χ3n) is 5.61. The fourth-order valence-corrected chi connectivity index (χ4v) is 3.88. The molecule has 0 aliphatic heterocycles. The van der Waals surface area contributed by atoms with E-state index < -0.39 is 24.1 Å². The SMILES string of the molecule is CC(ONC(=O)Cc1ccc(NC(=O)OCC2c3ccccc3-c3ccccc32)cc1)C(=O)O. The van der Waals surface area contributed by atoms with Crippen LogP contribution in [-0.2, 0) is 25.6 Å². The highest BCUT2D eigenvalue weighted by Crippen LogP contribution is 2.44. The third kappa shape index (κ3) is 5.24. The number of hydroxylamine groups is 1. The number of fused-ring (bicyclic) bond motifs is 3. The Morgan fingerprint density at radius 3 is 2.09 bits per heavy atom. The van der Waals surface area contributed by atoms with Crippen molar-refractivity contribution in [1.29, 1.82) is 0 Å². The van der Waals surface area contributed by atoms with Crippen molar-refractivity contribution in [1.82, 2.24) is 5.48 Å². The number of ether oxygens (including phenoxy) is 1. The van der Waals surface area contributed by atoms with E-state index in [1.54, 1.807) is 24.3 Å². The van der Waals surface area contributed by atoms with E-state index in [1.165, 1.54) is 6.92 Å². The molecule has 0 spiro atoms. The van der Waals surface area contributed by atoms with E-state index in [4.69, 9.17) is 14.7 Å². The average molecular weight is 460 g/mol. The van der Waals surface area contributed by atoms with Crippen LogP contribution in [0.15, 0.2) is 72.8 Å². The topological polar surface area (TPSA) is 114 Å². The Morgan fingerprint density at radius 1 is 0.912 bits per heavy atom. The number of hydrogen-bond acceptors (Lipinski definition) is 5. The zero-order valence-electron chi connectivity index (χ0n) is 18.5. The van der Waals surface area contributed by atoms with Crippen molar-refractivity contribution in [2.75, 3.05) is 11.9 Å². The molecule has 0 aromatic heterocycles. The fraction of sp³-hybridized carbons (Fsp3) is 0.192. The predicted octanol–water partition coefficient (Wildman–Crippen LogP) is 4.11. The van der Waals surface area contributed by atoms with Crippen molar-refractivity contribution in [3.05, 3.63) is 89.5 Å². The van der Waals surface area contributed by atoms with Crippen molar-refractivity contribution < 1.29 is 29.1 Å². The lowest BCUT2D eigenvalue weighted by atomic mass is 9.98. The van der Waals surface area contributed by atoms with Gasteiger partial charge in [-0.1, -0.05) is 60.7 Å². The Hall–Kier alpha value is -4.17. The number of amides is 2. The van der Waals surface area contributed by atoms with Crippen LogP contribution < -0.4 is 10.8 Å². The van der Waals surface area contributed by atoms with Crippen LogP contribution >= 0.6 is 0 Å². The first-order chi connectivity index (χ1) is 16.4. The number of benzene rings is 3. The summed E-state index contributed by atoms with van der Waals surface area (Å²) >= 11 is 0. The molecule has 0 bridgehead atoms. The van der Waals surface area contributed by atoms with Crippen LogP contribution in [0.25, 0.3) is 11.1 Å². The molecule has 1 atom stereocenters. The molecule has 1 unspecified atom stereocenters. The van der Waals surface area contributed by atoms with E-state index in [0.29, 0.717) is 11.3 Å². The maximum atomic E-state index is 12.4. The van der Waals surface area contributed by atoms with Gasteiger partial charge in [-0.05, 0) is 46.9 Å². The second kappa shape index (κ2) is 10.2. The molecule has 1 aliphatic rings. The highest BCUT2D eigenvalue weighted by Gasteiger charge is 2.29. The van der Waals surface area contributed by atoms with Crippen LogP contribution in [-0.4, -0.2) is 35.8 Å². The largest absolute Gasteiger partial charge is 0.479 e. The van der Waals surface area contributed by atoms with Crippen molar-refractivity contribution in [2.24, 2.45) is 0 Å². The van der Waals surface area contributed by atoms with Crippen LogP contribution in [0.5, 0.6) is 0 Å². The Morgan fingerprint density at radius 2 is 1.50 bits per heavy atom. The van der Waals surface area contributed by atoms with Gasteiger partial charge in [-0.25, -0.2) is 15.1 Å². The van der Waals surface area contributed by atoms with Crippen molar-refractivity contribution in [3.8, 4) is 11.1 Å². The summed E-state index contributed by atoms with van der Waals surface area (Å²) in [5, 5.41) is 11.4. The molecule has 1 aliphatic carbocycles. The van der Waals surface area contributed by atoms with Gasteiger partial charge in [-0.3, -0.25) is 14.9 Å². The number of aliphatic carboxylic acids is 1. The second-order valence-electron chi connectivity index (χ2n) is 7.95. The quantitative estimate of drug-likeness (QED) is 0.436. The first-order valence-corrected chi connectivity index (χ1v) is 10.8. The second-order valence-corrected chi connectivity index (χ2v) is 7.95. The summed E-state index contributed by atoms with van der Waals surface area (Å²) in [4.78, 5) is 39.7. The molecule has 0 saturated carbocycles. The standard InChI is InChI=1S/C26H24N2O6/c1-16(25(30)31)34-28-24(29)14-17-10-12-18(13-11-17)27-26(32)33-15-23-21-8-4-2-6-19(21)20-7-3-5-9-22(20)23/h2-13,16,23H,14-15H2,1H3,(H,27,32)(H,28,29)(H,30,31). The van der Waals surface area contributed by atoms with E-state index in [2.05, 4.69) is 35.1 Å². The smallest absolute Gasteiger partial charge is 0.411 e. The van der Waals surface area contributed by atoms with Gasteiger partial charge in [0.1, 0.15) is 6.61 Å². The number of carbonyl (C=O) groups excluding carboxylic acids is 2. The Bertz CT molecular complexity index is 1160. The molecule has 8 nitrogen and oxygen atoms in total. The lowest BCUT2D eigenvalue weighted by molar-refractivity contribution is -0.158.